The monoisotopic (exact) mass is 414 g/mol. The molecule has 0 aliphatic heterocycles. The molecule has 0 saturated heterocycles. The molecular weight excluding hydrogens is 380 g/mol. The number of carbonyl (C=O) groups is 4. The van der Waals surface area contributed by atoms with Gasteiger partial charge in [-0.25, -0.2) is 0 Å². The fourth-order valence-electron chi connectivity index (χ4n) is 3.12. The summed E-state index contributed by atoms with van der Waals surface area (Å²) in [6, 6.07) is -0.762. The maximum atomic E-state index is 11.8. The van der Waals surface area contributed by atoms with Gasteiger partial charge in [0.25, 0.3) is 0 Å². The smallest absolute Gasteiger partial charge is 0.246 e. The van der Waals surface area contributed by atoms with E-state index in [2.05, 4.69) is 16.0 Å². The first-order chi connectivity index (χ1) is 14.0. The molecule has 10 heteroatoms. The predicted octanol–water partition coefficient (Wildman–Crippen LogP) is -0.788. The van der Waals surface area contributed by atoms with Crippen LogP contribution >= 0.6 is 0 Å². The summed E-state index contributed by atoms with van der Waals surface area (Å²) in [4.78, 5) is 45.2. The maximum absolute atomic E-state index is 11.8. The molecule has 4 amide bonds. The summed E-state index contributed by atoms with van der Waals surface area (Å²) < 4.78 is 10.6. The number of hydrogen-bond donors (Lipinski definition) is 4. The first-order valence-corrected chi connectivity index (χ1v) is 10.2. The molecule has 0 aromatic heterocycles. The zero-order valence-corrected chi connectivity index (χ0v) is 17.0. The number of rotatable bonds is 17. The number of nitrogens with one attached hydrogen (secondary N) is 3. The third-order valence-corrected chi connectivity index (χ3v) is 4.70. The Kier molecular flexibility index (Phi) is 13.4. The lowest BCUT2D eigenvalue weighted by Gasteiger charge is -2.15. The first kappa shape index (κ1) is 24.8. The Morgan fingerprint density at radius 3 is 2.45 bits per heavy atom. The molecule has 1 atom stereocenters. The highest BCUT2D eigenvalue weighted by atomic mass is 16.5. The van der Waals surface area contributed by atoms with Crippen molar-refractivity contribution in [1.82, 2.24) is 16.0 Å². The SMILES string of the molecule is NC(=O)C(CCCCNC=O)NC(=O)COCCOCCNC(=O)C1CCCC1. The molecule has 0 aromatic carbocycles. The molecule has 1 fully saturated rings. The molecule has 1 saturated carbocycles. The summed E-state index contributed by atoms with van der Waals surface area (Å²) in [6.45, 7) is 1.68. The first-order valence-electron chi connectivity index (χ1n) is 10.2. The van der Waals surface area contributed by atoms with Crippen LogP contribution in [0.1, 0.15) is 44.9 Å². The highest BCUT2D eigenvalue weighted by Gasteiger charge is 2.22. The Morgan fingerprint density at radius 1 is 1.03 bits per heavy atom. The van der Waals surface area contributed by atoms with Crippen molar-refractivity contribution in [2.45, 2.75) is 51.0 Å². The summed E-state index contributed by atoms with van der Waals surface area (Å²) in [5.74, 6) is -0.787. The number of primary amides is 1. The van der Waals surface area contributed by atoms with Crippen molar-refractivity contribution in [2.75, 3.05) is 39.5 Å². The van der Waals surface area contributed by atoms with Gasteiger partial charge in [-0.05, 0) is 32.1 Å². The van der Waals surface area contributed by atoms with Crippen LogP contribution in [-0.2, 0) is 28.7 Å². The van der Waals surface area contributed by atoms with Gasteiger partial charge in [0.05, 0.1) is 19.8 Å². The van der Waals surface area contributed by atoms with Crippen molar-refractivity contribution in [3.8, 4) is 0 Å². The fraction of sp³-hybridized carbons (Fsp3) is 0.789. The van der Waals surface area contributed by atoms with Gasteiger partial charge in [-0.2, -0.15) is 0 Å². The van der Waals surface area contributed by atoms with Crippen LogP contribution in [0, 0.1) is 5.92 Å². The second-order valence-corrected chi connectivity index (χ2v) is 7.03. The molecule has 5 N–H and O–H groups in total. The number of hydrogen-bond acceptors (Lipinski definition) is 6. The molecular formula is C19H34N4O6. The van der Waals surface area contributed by atoms with Gasteiger partial charge in [0, 0.05) is 19.0 Å². The molecule has 0 spiro atoms. The van der Waals surface area contributed by atoms with E-state index in [1.807, 2.05) is 0 Å². The molecule has 0 aromatic rings. The minimum Gasteiger partial charge on any atom is -0.377 e. The third-order valence-electron chi connectivity index (χ3n) is 4.70. The van der Waals surface area contributed by atoms with E-state index in [1.165, 1.54) is 0 Å². The van der Waals surface area contributed by atoms with Gasteiger partial charge in [-0.15, -0.1) is 0 Å². The second-order valence-electron chi connectivity index (χ2n) is 7.03. The van der Waals surface area contributed by atoms with E-state index < -0.39 is 17.9 Å². The minimum absolute atomic E-state index is 0.100. The lowest BCUT2D eigenvalue weighted by molar-refractivity contribution is -0.131. The molecule has 1 aliphatic rings. The Balaban J connectivity index is 2.00. The predicted molar refractivity (Wildman–Crippen MR) is 106 cm³/mol. The Hall–Kier alpha value is -2.20. The van der Waals surface area contributed by atoms with Crippen molar-refractivity contribution >= 4 is 24.1 Å². The standard InChI is InChI=1S/C19H34N4O6/c20-18(26)16(7-3-4-8-21-14-24)23-17(25)13-29-12-11-28-10-9-22-19(27)15-5-1-2-6-15/h14-16H,1-13H2,(H2,20,26)(H,21,24)(H,22,27)(H,23,25). The van der Waals surface area contributed by atoms with E-state index in [1.54, 1.807) is 0 Å². The van der Waals surface area contributed by atoms with Crippen LogP contribution in [0.2, 0.25) is 0 Å². The molecule has 1 unspecified atom stereocenters. The Morgan fingerprint density at radius 2 is 1.76 bits per heavy atom. The van der Waals surface area contributed by atoms with Crippen LogP contribution in [0.15, 0.2) is 0 Å². The number of ether oxygens (including phenoxy) is 2. The molecule has 0 heterocycles. The van der Waals surface area contributed by atoms with Gasteiger partial charge in [-0.3, -0.25) is 19.2 Å². The minimum atomic E-state index is -0.762. The fourth-order valence-corrected chi connectivity index (χ4v) is 3.12. The van der Waals surface area contributed by atoms with Crippen molar-refractivity contribution < 1.29 is 28.7 Å². The van der Waals surface area contributed by atoms with Crippen molar-refractivity contribution in [2.24, 2.45) is 11.7 Å². The van der Waals surface area contributed by atoms with Crippen LogP contribution in [0.4, 0.5) is 0 Å². The van der Waals surface area contributed by atoms with Gasteiger partial charge in [0.15, 0.2) is 0 Å². The summed E-state index contributed by atoms with van der Waals surface area (Å²) in [7, 11) is 0. The summed E-state index contributed by atoms with van der Waals surface area (Å²) >= 11 is 0. The van der Waals surface area contributed by atoms with Gasteiger partial charge in [0.1, 0.15) is 12.6 Å². The Bertz CT molecular complexity index is 511. The summed E-state index contributed by atoms with van der Waals surface area (Å²) in [5.41, 5.74) is 5.29. The van der Waals surface area contributed by atoms with Gasteiger partial charge in [-0.1, -0.05) is 12.8 Å². The maximum Gasteiger partial charge on any atom is 0.246 e. The van der Waals surface area contributed by atoms with Crippen LogP contribution in [0.3, 0.4) is 0 Å². The van der Waals surface area contributed by atoms with Crippen LogP contribution in [-0.4, -0.2) is 69.7 Å². The quantitative estimate of drug-likeness (QED) is 0.181. The highest BCUT2D eigenvalue weighted by Crippen LogP contribution is 2.24. The molecule has 29 heavy (non-hydrogen) atoms. The van der Waals surface area contributed by atoms with E-state index in [9.17, 15) is 19.2 Å². The van der Waals surface area contributed by atoms with Crippen molar-refractivity contribution in [1.29, 1.82) is 0 Å². The zero-order valence-electron chi connectivity index (χ0n) is 17.0. The molecule has 1 aliphatic carbocycles. The number of unbranched alkanes of at least 4 members (excludes halogenated alkanes) is 1. The zero-order chi connectivity index (χ0) is 21.3. The lowest BCUT2D eigenvalue weighted by atomic mass is 10.1. The van der Waals surface area contributed by atoms with Gasteiger partial charge in [0.2, 0.25) is 24.1 Å². The molecule has 0 bridgehead atoms. The average Bonchev–Trinajstić information content (AvgIpc) is 3.23. The summed E-state index contributed by atoms with van der Waals surface area (Å²) in [5, 5.41) is 7.93. The Labute approximate surface area is 171 Å². The molecule has 0 radical (unpaired) electrons. The summed E-state index contributed by atoms with van der Waals surface area (Å²) in [6.07, 6.45) is 6.52. The second kappa shape index (κ2) is 15.7. The van der Waals surface area contributed by atoms with Crippen molar-refractivity contribution in [3.63, 3.8) is 0 Å². The third kappa shape index (κ3) is 12.1. The number of carbonyl (C=O) groups excluding carboxylic acids is 4. The van der Waals surface area contributed by atoms with Crippen LogP contribution < -0.4 is 21.7 Å². The van der Waals surface area contributed by atoms with E-state index in [-0.39, 0.29) is 25.0 Å². The normalized spacial score (nSPS) is 14.9. The number of nitrogens with two attached hydrogens (primary N) is 1. The van der Waals surface area contributed by atoms with Gasteiger partial charge >= 0.3 is 0 Å². The van der Waals surface area contributed by atoms with E-state index in [0.717, 1.165) is 25.7 Å². The van der Waals surface area contributed by atoms with Crippen LogP contribution in [0.5, 0.6) is 0 Å². The van der Waals surface area contributed by atoms with Crippen molar-refractivity contribution in [3.05, 3.63) is 0 Å². The average molecular weight is 415 g/mol. The molecule has 166 valence electrons. The van der Waals surface area contributed by atoms with Gasteiger partial charge < -0.3 is 31.2 Å². The number of amides is 4. The van der Waals surface area contributed by atoms with E-state index >= 15 is 0 Å². The topological polar surface area (TPSA) is 149 Å². The van der Waals surface area contributed by atoms with E-state index in [0.29, 0.717) is 52.0 Å². The highest BCUT2D eigenvalue weighted by molar-refractivity contribution is 5.86. The van der Waals surface area contributed by atoms with E-state index in [4.69, 9.17) is 15.2 Å². The lowest BCUT2D eigenvalue weighted by Crippen LogP contribution is -2.45. The molecule has 10 nitrogen and oxygen atoms in total. The molecule has 1 rings (SSSR count). The van der Waals surface area contributed by atoms with Crippen LogP contribution in [0.25, 0.3) is 0 Å². The largest absolute Gasteiger partial charge is 0.377 e.